The second kappa shape index (κ2) is 5.75. The molecule has 0 bridgehead atoms. The van der Waals surface area contributed by atoms with Gasteiger partial charge in [-0.2, -0.15) is 11.3 Å². The molecule has 5 heteroatoms. The van der Waals surface area contributed by atoms with E-state index in [0.29, 0.717) is 18.1 Å². The Morgan fingerprint density at radius 2 is 2.28 bits per heavy atom. The van der Waals surface area contributed by atoms with Crippen molar-refractivity contribution in [3.8, 4) is 0 Å². The Balaban J connectivity index is 2.23. The molecule has 2 rings (SSSR count). The van der Waals surface area contributed by atoms with Crippen LogP contribution in [0.3, 0.4) is 0 Å². The first kappa shape index (κ1) is 12.7. The number of thiophene rings is 1. The minimum atomic E-state index is 0.689. The summed E-state index contributed by atoms with van der Waals surface area (Å²) < 4.78 is 0. The Kier molecular flexibility index (Phi) is 4.07. The fourth-order valence-corrected chi connectivity index (χ4v) is 2.39. The Morgan fingerprint density at radius 3 is 2.89 bits per heavy atom. The van der Waals surface area contributed by atoms with Crippen LogP contribution in [0.4, 0.5) is 5.82 Å². The highest BCUT2D eigenvalue weighted by Gasteiger charge is 2.02. The quantitative estimate of drug-likeness (QED) is 0.386. The van der Waals surface area contributed by atoms with Crippen LogP contribution in [0.2, 0.25) is 0 Å². The molecule has 0 radical (unpaired) electrons. The van der Waals surface area contributed by atoms with Crippen LogP contribution in [-0.4, -0.2) is 10.8 Å². The van der Waals surface area contributed by atoms with Crippen LogP contribution in [0, 0.1) is 13.8 Å². The summed E-state index contributed by atoms with van der Waals surface area (Å²) in [6.07, 6.45) is 0.689. The largest absolute Gasteiger partial charge is 0.312 e. The van der Waals surface area contributed by atoms with E-state index in [9.17, 15) is 0 Å². The molecule has 0 spiro atoms. The third-order valence-corrected chi connectivity index (χ3v) is 3.18. The summed E-state index contributed by atoms with van der Waals surface area (Å²) in [5.74, 6) is 6.91. The molecule has 0 unspecified atom stereocenters. The van der Waals surface area contributed by atoms with Crippen LogP contribution in [0.15, 0.2) is 34.0 Å². The van der Waals surface area contributed by atoms with E-state index in [1.807, 2.05) is 31.4 Å². The third-order valence-electron chi connectivity index (χ3n) is 2.45. The molecule has 0 aliphatic heterocycles. The molecular weight excluding hydrogens is 244 g/mol. The molecule has 0 aliphatic rings. The van der Waals surface area contributed by atoms with E-state index in [1.54, 1.807) is 11.3 Å². The predicted molar refractivity (Wildman–Crippen MR) is 76.2 cm³/mol. The first-order valence-electron chi connectivity index (χ1n) is 5.68. The standard InChI is InChI=1S/C13H16N4S/c1-9-5-10(2)15-12(6-9)16-13(17-14)7-11-3-4-18-8-11/h3-6,8H,7,14H2,1-2H3,(H,15,16,17). The molecule has 0 fully saturated rings. The predicted octanol–water partition coefficient (Wildman–Crippen LogP) is 2.50. The average molecular weight is 260 g/mol. The number of nitrogens with one attached hydrogen (secondary N) is 1. The number of nitrogens with two attached hydrogens (primary N) is 1. The van der Waals surface area contributed by atoms with Crippen molar-refractivity contribution < 1.29 is 0 Å². The van der Waals surface area contributed by atoms with Crippen LogP contribution in [0.25, 0.3) is 0 Å². The number of amidine groups is 1. The molecule has 0 saturated heterocycles. The van der Waals surface area contributed by atoms with Crippen molar-refractivity contribution in [1.29, 1.82) is 0 Å². The molecule has 0 aliphatic carbocycles. The van der Waals surface area contributed by atoms with Crippen LogP contribution in [-0.2, 0) is 6.42 Å². The van der Waals surface area contributed by atoms with Crippen LogP contribution in [0.1, 0.15) is 16.8 Å². The van der Waals surface area contributed by atoms with Crippen molar-refractivity contribution in [1.82, 2.24) is 10.4 Å². The van der Waals surface area contributed by atoms with Crippen LogP contribution < -0.4 is 11.3 Å². The Bertz CT molecular complexity index is 526. The van der Waals surface area contributed by atoms with E-state index in [-0.39, 0.29) is 0 Å². The Labute approximate surface area is 111 Å². The second-order valence-electron chi connectivity index (χ2n) is 4.16. The number of pyridine rings is 1. The maximum Gasteiger partial charge on any atom is 0.154 e. The third kappa shape index (κ3) is 3.38. The fourth-order valence-electron chi connectivity index (χ4n) is 1.72. The summed E-state index contributed by atoms with van der Waals surface area (Å²) >= 11 is 1.66. The van der Waals surface area contributed by atoms with Gasteiger partial charge in [-0.05, 0) is 53.9 Å². The van der Waals surface area contributed by atoms with Gasteiger partial charge in [-0.1, -0.05) is 0 Å². The van der Waals surface area contributed by atoms with Gasteiger partial charge >= 0.3 is 0 Å². The minimum Gasteiger partial charge on any atom is -0.312 e. The molecule has 2 aromatic heterocycles. The van der Waals surface area contributed by atoms with E-state index in [4.69, 9.17) is 5.84 Å². The molecule has 3 N–H and O–H groups in total. The number of nitrogens with zero attached hydrogens (tertiary/aromatic N) is 2. The molecular formula is C13H16N4S. The Hall–Kier alpha value is -1.72. The molecule has 0 atom stereocenters. The van der Waals surface area contributed by atoms with Gasteiger partial charge in [0.25, 0.3) is 0 Å². The average Bonchev–Trinajstić information content (AvgIpc) is 2.79. The first-order chi connectivity index (χ1) is 8.67. The van der Waals surface area contributed by atoms with Crippen molar-refractivity contribution in [3.63, 3.8) is 0 Å². The maximum absolute atomic E-state index is 5.51. The summed E-state index contributed by atoms with van der Waals surface area (Å²) in [7, 11) is 0. The maximum atomic E-state index is 5.51. The molecule has 2 heterocycles. The lowest BCUT2D eigenvalue weighted by atomic mass is 10.2. The number of hydrogen-bond acceptors (Lipinski definition) is 4. The lowest BCUT2D eigenvalue weighted by Gasteiger charge is -2.05. The monoisotopic (exact) mass is 260 g/mol. The summed E-state index contributed by atoms with van der Waals surface area (Å²) in [6, 6.07) is 6.03. The fraction of sp³-hybridized carbons (Fsp3) is 0.231. The summed E-state index contributed by atoms with van der Waals surface area (Å²) in [6.45, 7) is 3.99. The Morgan fingerprint density at radius 1 is 1.44 bits per heavy atom. The highest BCUT2D eigenvalue weighted by Crippen LogP contribution is 2.14. The summed E-state index contributed by atoms with van der Waals surface area (Å²) in [5, 5.41) is 4.13. The van der Waals surface area contributed by atoms with Gasteiger partial charge in [-0.25, -0.2) is 15.8 Å². The normalized spacial score (nSPS) is 11.6. The zero-order chi connectivity index (χ0) is 13.0. The van der Waals surface area contributed by atoms with Gasteiger partial charge in [-0.3, -0.25) is 0 Å². The van der Waals surface area contributed by atoms with Crippen LogP contribution >= 0.6 is 11.3 Å². The van der Waals surface area contributed by atoms with Crippen molar-refractivity contribution in [2.75, 3.05) is 0 Å². The molecule has 0 saturated carbocycles. The van der Waals surface area contributed by atoms with Crippen molar-refractivity contribution >= 4 is 23.0 Å². The van der Waals surface area contributed by atoms with E-state index >= 15 is 0 Å². The number of aliphatic imine (C=N–C) groups is 1. The zero-order valence-electron chi connectivity index (χ0n) is 10.5. The van der Waals surface area contributed by atoms with Gasteiger partial charge in [-0.15, -0.1) is 0 Å². The van der Waals surface area contributed by atoms with E-state index in [0.717, 1.165) is 11.3 Å². The SMILES string of the molecule is Cc1cc(C)nc(N=C(Cc2ccsc2)NN)c1. The number of hydrogen-bond donors (Lipinski definition) is 2. The highest BCUT2D eigenvalue weighted by molar-refractivity contribution is 7.08. The number of hydrazine groups is 1. The molecule has 18 heavy (non-hydrogen) atoms. The van der Waals surface area contributed by atoms with Gasteiger partial charge < -0.3 is 5.43 Å². The number of rotatable bonds is 3. The lowest BCUT2D eigenvalue weighted by molar-refractivity contribution is 0.984. The summed E-state index contributed by atoms with van der Waals surface area (Å²) in [4.78, 5) is 8.82. The van der Waals surface area contributed by atoms with Gasteiger partial charge in [0.1, 0.15) is 5.84 Å². The van der Waals surface area contributed by atoms with Gasteiger partial charge in [0.05, 0.1) is 0 Å². The zero-order valence-corrected chi connectivity index (χ0v) is 11.3. The van der Waals surface area contributed by atoms with Crippen molar-refractivity contribution in [2.45, 2.75) is 20.3 Å². The highest BCUT2D eigenvalue weighted by atomic mass is 32.1. The molecule has 94 valence electrons. The van der Waals surface area contributed by atoms with E-state index < -0.39 is 0 Å². The topological polar surface area (TPSA) is 63.3 Å². The first-order valence-corrected chi connectivity index (χ1v) is 6.62. The molecule has 2 aromatic rings. The second-order valence-corrected chi connectivity index (χ2v) is 4.94. The molecule has 4 nitrogen and oxygen atoms in total. The van der Waals surface area contributed by atoms with Gasteiger partial charge in [0, 0.05) is 12.1 Å². The van der Waals surface area contributed by atoms with Crippen LogP contribution in [0.5, 0.6) is 0 Å². The van der Waals surface area contributed by atoms with Crippen molar-refractivity contribution in [2.24, 2.45) is 10.8 Å². The van der Waals surface area contributed by atoms with Crippen molar-refractivity contribution in [3.05, 3.63) is 45.8 Å². The van der Waals surface area contributed by atoms with Gasteiger partial charge in [0.15, 0.2) is 5.82 Å². The minimum absolute atomic E-state index is 0.689. The van der Waals surface area contributed by atoms with Gasteiger partial charge in [0.2, 0.25) is 0 Å². The number of aromatic nitrogens is 1. The van der Waals surface area contributed by atoms with E-state index in [1.165, 1.54) is 5.56 Å². The summed E-state index contributed by atoms with van der Waals surface area (Å²) in [5.41, 5.74) is 5.94. The smallest absolute Gasteiger partial charge is 0.154 e. The number of aryl methyl sites for hydroxylation is 2. The van der Waals surface area contributed by atoms with E-state index in [2.05, 4.69) is 26.8 Å². The lowest BCUT2D eigenvalue weighted by Crippen LogP contribution is -2.31. The molecule has 0 amide bonds. The molecule has 0 aromatic carbocycles.